The molecule has 2 aromatic heterocycles. The molecule has 2 N–H and O–H groups in total. The fraction of sp³-hybridized carbons (Fsp3) is 0.333. The Bertz CT molecular complexity index is 1480. The molecule has 0 radical (unpaired) electrons. The van der Waals surface area contributed by atoms with E-state index in [1.807, 2.05) is 12.1 Å². The monoisotopic (exact) mass is 463 g/mol. The number of aromatic nitrogens is 2. The van der Waals surface area contributed by atoms with E-state index in [-0.39, 0.29) is 24.5 Å². The number of aryl methyl sites for hydroxylation is 1. The van der Waals surface area contributed by atoms with Gasteiger partial charge in [-0.3, -0.25) is 9.59 Å². The van der Waals surface area contributed by atoms with Gasteiger partial charge in [0.1, 0.15) is 6.61 Å². The molecule has 0 saturated carbocycles. The highest BCUT2D eigenvalue weighted by molar-refractivity contribution is 7.99. The van der Waals surface area contributed by atoms with Crippen LogP contribution in [0.1, 0.15) is 42.5 Å². The Morgan fingerprint density at radius 2 is 2.12 bits per heavy atom. The van der Waals surface area contributed by atoms with Crippen molar-refractivity contribution < 1.29 is 19.4 Å². The molecular formula is C24H21N3O5S. The van der Waals surface area contributed by atoms with E-state index in [1.54, 1.807) is 29.3 Å². The van der Waals surface area contributed by atoms with Gasteiger partial charge in [0.2, 0.25) is 5.91 Å². The molecule has 0 bridgehead atoms. The first kappa shape index (κ1) is 20.4. The highest BCUT2D eigenvalue weighted by Crippen LogP contribution is 2.46. The first-order valence-electron chi connectivity index (χ1n) is 10.9. The normalized spacial score (nSPS) is 20.2. The van der Waals surface area contributed by atoms with Crippen molar-refractivity contribution in [1.82, 2.24) is 9.55 Å². The third kappa shape index (κ3) is 2.69. The molecule has 0 spiro atoms. The van der Waals surface area contributed by atoms with E-state index < -0.39 is 11.6 Å². The molecular weight excluding hydrogens is 442 g/mol. The largest absolute Gasteiger partial charge is 0.458 e. The smallest absolute Gasteiger partial charge is 0.343 e. The average Bonchev–Trinajstić information content (AvgIpc) is 3.17. The lowest BCUT2D eigenvalue weighted by Gasteiger charge is -2.31. The van der Waals surface area contributed by atoms with Gasteiger partial charge in [-0.2, -0.15) is 0 Å². The third-order valence-electron chi connectivity index (χ3n) is 6.83. The van der Waals surface area contributed by atoms with Crippen LogP contribution in [0.2, 0.25) is 0 Å². The molecule has 3 aliphatic rings. The van der Waals surface area contributed by atoms with Gasteiger partial charge in [-0.15, -0.1) is 11.8 Å². The number of amides is 1. The molecule has 1 amide bonds. The highest BCUT2D eigenvalue weighted by atomic mass is 32.2. The molecule has 8 nitrogen and oxygen atoms in total. The number of nitrogens with one attached hydrogen (secondary N) is 1. The van der Waals surface area contributed by atoms with Crippen LogP contribution >= 0.6 is 11.8 Å². The zero-order chi connectivity index (χ0) is 23.1. The van der Waals surface area contributed by atoms with Crippen LogP contribution in [0.15, 0.2) is 27.9 Å². The summed E-state index contributed by atoms with van der Waals surface area (Å²) in [4.78, 5) is 43.4. The van der Waals surface area contributed by atoms with E-state index in [9.17, 15) is 19.5 Å². The number of esters is 1. The van der Waals surface area contributed by atoms with E-state index >= 15 is 0 Å². The van der Waals surface area contributed by atoms with Crippen molar-refractivity contribution in [2.75, 3.05) is 11.1 Å². The second kappa shape index (κ2) is 6.91. The van der Waals surface area contributed by atoms with Crippen molar-refractivity contribution in [2.24, 2.45) is 0 Å². The standard InChI is InChI=1S/C24H21N3O5S/c1-3-24(31)15-8-18-20-13(9-27(18)22(29)14(15)10-32-23(24)30)12-6-7-33-21-17(25-11(2)28)5-4-16(26-20)19(12)21/h4-5,8,31H,3,6-7,9-10H2,1-2H3,(H,25,28). The fourth-order valence-corrected chi connectivity index (χ4v) is 6.36. The summed E-state index contributed by atoms with van der Waals surface area (Å²) in [6.07, 6.45) is 0.934. The first-order valence-corrected chi connectivity index (χ1v) is 11.9. The number of cyclic esters (lactones) is 1. The quantitative estimate of drug-likeness (QED) is 0.440. The molecule has 9 heteroatoms. The summed E-state index contributed by atoms with van der Waals surface area (Å²) in [7, 11) is 0. The van der Waals surface area contributed by atoms with Crippen LogP contribution in [-0.2, 0) is 39.5 Å². The number of rotatable bonds is 2. The minimum absolute atomic E-state index is 0.109. The van der Waals surface area contributed by atoms with Gasteiger partial charge >= 0.3 is 5.97 Å². The van der Waals surface area contributed by atoms with Crippen molar-refractivity contribution in [3.8, 4) is 11.4 Å². The Kier molecular flexibility index (Phi) is 4.28. The summed E-state index contributed by atoms with van der Waals surface area (Å²) in [6, 6.07) is 5.49. The molecule has 168 valence electrons. The van der Waals surface area contributed by atoms with E-state index in [0.717, 1.165) is 44.8 Å². The summed E-state index contributed by atoms with van der Waals surface area (Å²) in [5, 5.41) is 15.0. The Balaban J connectivity index is 1.62. The number of nitrogens with zero attached hydrogens (tertiary/aromatic N) is 2. The second-order valence-electron chi connectivity index (χ2n) is 8.64. The second-order valence-corrected chi connectivity index (χ2v) is 9.74. The minimum atomic E-state index is -1.84. The van der Waals surface area contributed by atoms with Crippen LogP contribution in [0.4, 0.5) is 5.69 Å². The van der Waals surface area contributed by atoms with Gasteiger partial charge in [0, 0.05) is 34.1 Å². The van der Waals surface area contributed by atoms with Crippen LogP contribution in [-0.4, -0.2) is 32.3 Å². The Hall–Kier alpha value is -3.17. The molecule has 5 heterocycles. The topological polar surface area (TPSA) is 111 Å². The minimum Gasteiger partial charge on any atom is -0.458 e. The van der Waals surface area contributed by atoms with Gasteiger partial charge in [-0.05, 0) is 36.6 Å². The lowest BCUT2D eigenvalue weighted by Crippen LogP contribution is -2.44. The van der Waals surface area contributed by atoms with Crippen molar-refractivity contribution in [1.29, 1.82) is 0 Å². The summed E-state index contributed by atoms with van der Waals surface area (Å²) in [5.74, 6) is 0.000382. The van der Waals surface area contributed by atoms with Crippen molar-refractivity contribution in [3.05, 3.63) is 50.8 Å². The Morgan fingerprint density at radius 1 is 1.30 bits per heavy atom. The zero-order valence-corrected chi connectivity index (χ0v) is 19.0. The average molecular weight is 464 g/mol. The number of carbonyl (C=O) groups excluding carboxylic acids is 2. The van der Waals surface area contributed by atoms with Gasteiger partial charge in [0.25, 0.3) is 5.56 Å². The number of benzene rings is 1. The maximum Gasteiger partial charge on any atom is 0.343 e. The maximum absolute atomic E-state index is 13.4. The van der Waals surface area contributed by atoms with Crippen LogP contribution in [0.5, 0.6) is 0 Å². The van der Waals surface area contributed by atoms with Crippen LogP contribution in [0, 0.1) is 0 Å². The van der Waals surface area contributed by atoms with Gasteiger partial charge < -0.3 is 19.7 Å². The molecule has 0 fully saturated rings. The molecule has 1 aromatic carbocycles. The van der Waals surface area contributed by atoms with Gasteiger partial charge in [-0.25, -0.2) is 9.78 Å². The molecule has 0 aliphatic carbocycles. The predicted octanol–water partition coefficient (Wildman–Crippen LogP) is 2.69. The van der Waals surface area contributed by atoms with E-state index in [4.69, 9.17) is 9.72 Å². The molecule has 6 rings (SSSR count). The van der Waals surface area contributed by atoms with E-state index in [1.165, 1.54) is 6.92 Å². The Morgan fingerprint density at radius 3 is 2.88 bits per heavy atom. The highest BCUT2D eigenvalue weighted by Gasteiger charge is 2.45. The van der Waals surface area contributed by atoms with Crippen molar-refractivity contribution in [2.45, 2.75) is 50.3 Å². The van der Waals surface area contributed by atoms with Crippen LogP contribution in [0.25, 0.3) is 22.3 Å². The number of anilines is 1. The van der Waals surface area contributed by atoms with Crippen LogP contribution in [0.3, 0.4) is 0 Å². The number of carbonyl (C=O) groups is 2. The molecule has 33 heavy (non-hydrogen) atoms. The third-order valence-corrected chi connectivity index (χ3v) is 7.95. The maximum atomic E-state index is 13.4. The SMILES string of the molecule is CCC1(O)C(=O)OCc2c1cc1n(c2=O)Cc2c-1nc1ccc(NC(C)=O)c3c1c2CCS3. The number of hydrogen-bond acceptors (Lipinski definition) is 7. The number of thioether (sulfide) groups is 1. The van der Waals surface area contributed by atoms with E-state index in [2.05, 4.69) is 5.32 Å². The predicted molar refractivity (Wildman–Crippen MR) is 123 cm³/mol. The number of pyridine rings is 2. The van der Waals surface area contributed by atoms with Crippen LogP contribution < -0.4 is 10.9 Å². The Labute approximate surface area is 193 Å². The van der Waals surface area contributed by atoms with Crippen molar-refractivity contribution >= 4 is 40.2 Å². The summed E-state index contributed by atoms with van der Waals surface area (Å²) in [5.41, 5.74) is 3.53. The fourth-order valence-electron chi connectivity index (χ4n) is 5.20. The zero-order valence-electron chi connectivity index (χ0n) is 18.2. The first-order chi connectivity index (χ1) is 15.8. The molecule has 3 aliphatic heterocycles. The van der Waals surface area contributed by atoms with Gasteiger partial charge in [0.05, 0.1) is 34.7 Å². The lowest BCUT2D eigenvalue weighted by molar-refractivity contribution is -0.172. The number of hydrogen-bond donors (Lipinski definition) is 2. The lowest BCUT2D eigenvalue weighted by atomic mass is 9.86. The number of ether oxygens (including phenoxy) is 1. The molecule has 0 saturated heterocycles. The van der Waals surface area contributed by atoms with Gasteiger partial charge in [-0.1, -0.05) is 6.92 Å². The number of aliphatic hydroxyl groups is 1. The molecule has 1 unspecified atom stereocenters. The summed E-state index contributed by atoms with van der Waals surface area (Å²) >= 11 is 1.70. The van der Waals surface area contributed by atoms with E-state index in [0.29, 0.717) is 29.1 Å². The van der Waals surface area contributed by atoms with Gasteiger partial charge in [0.15, 0.2) is 5.60 Å². The summed E-state index contributed by atoms with van der Waals surface area (Å²) in [6.45, 7) is 3.41. The molecule has 3 aromatic rings. The number of fused-ring (bicyclic) bond motifs is 5. The summed E-state index contributed by atoms with van der Waals surface area (Å²) < 4.78 is 6.81. The van der Waals surface area contributed by atoms with Crippen molar-refractivity contribution in [3.63, 3.8) is 0 Å². The molecule has 1 atom stereocenters.